The van der Waals surface area contributed by atoms with E-state index in [1.807, 2.05) is 31.2 Å². The van der Waals surface area contributed by atoms with Gasteiger partial charge in [0.25, 0.3) is 0 Å². The lowest BCUT2D eigenvalue weighted by atomic mass is 10.2. The largest absolute Gasteiger partial charge is 0.265 e. The maximum absolute atomic E-state index is 3.95. The van der Waals surface area contributed by atoms with Gasteiger partial charge in [0.2, 0.25) is 0 Å². The Morgan fingerprint density at radius 3 is 3.11 bits per heavy atom. The molecule has 0 bridgehead atoms. The van der Waals surface area contributed by atoms with Crippen LogP contribution >= 0.6 is 0 Å². The van der Waals surface area contributed by atoms with Gasteiger partial charge in [-0.05, 0) is 24.6 Å². The van der Waals surface area contributed by atoms with Crippen LogP contribution in [0, 0.1) is 0 Å². The average Bonchev–Trinajstić information content (AvgIpc) is 1.79. The third-order valence-electron chi connectivity index (χ3n) is 1.07. The highest BCUT2D eigenvalue weighted by molar-refractivity contribution is 5.73. The summed E-state index contributed by atoms with van der Waals surface area (Å²) >= 11 is 0. The standard InChI is InChI=1S/C8H9N/c1-8-4-2-3-6-9-7-5-8/h2-7H,1H3/b3-2?,4-2-,6-3-,7-5?,8-4?,8-5-,9-6?,9-7-. The zero-order valence-corrected chi connectivity index (χ0v) is 5.41. The molecule has 0 fully saturated rings. The number of nitrogens with zero attached hydrogens (tertiary/aromatic N) is 1. The molecule has 0 atom stereocenters. The van der Waals surface area contributed by atoms with Gasteiger partial charge >= 0.3 is 0 Å². The second-order valence-electron chi connectivity index (χ2n) is 1.91. The van der Waals surface area contributed by atoms with E-state index in [9.17, 15) is 0 Å². The van der Waals surface area contributed by atoms with Crippen molar-refractivity contribution in [3.63, 3.8) is 0 Å². The molecule has 0 aromatic rings. The molecule has 46 valence electrons. The summed E-state index contributed by atoms with van der Waals surface area (Å²) in [5.74, 6) is 0. The minimum atomic E-state index is 1.23. The van der Waals surface area contributed by atoms with E-state index in [1.165, 1.54) is 5.57 Å². The first-order valence-electron chi connectivity index (χ1n) is 2.93. The molecule has 9 heavy (non-hydrogen) atoms. The third-order valence-corrected chi connectivity index (χ3v) is 1.07. The Morgan fingerprint density at radius 1 is 1.33 bits per heavy atom. The predicted molar refractivity (Wildman–Crippen MR) is 40.5 cm³/mol. The summed E-state index contributed by atoms with van der Waals surface area (Å²) < 4.78 is 0. The first-order valence-corrected chi connectivity index (χ1v) is 2.93. The van der Waals surface area contributed by atoms with Crippen molar-refractivity contribution in [2.24, 2.45) is 4.99 Å². The van der Waals surface area contributed by atoms with Gasteiger partial charge in [-0.15, -0.1) is 0 Å². The van der Waals surface area contributed by atoms with Gasteiger partial charge in [0.05, 0.1) is 0 Å². The molecule has 0 aromatic carbocycles. The van der Waals surface area contributed by atoms with Crippen molar-refractivity contribution >= 4 is 6.21 Å². The zero-order valence-electron chi connectivity index (χ0n) is 5.41. The topological polar surface area (TPSA) is 12.4 Å². The minimum Gasteiger partial charge on any atom is -0.265 e. The zero-order chi connectivity index (χ0) is 6.53. The highest BCUT2D eigenvalue weighted by atomic mass is 14.7. The lowest BCUT2D eigenvalue weighted by molar-refractivity contribution is 1.50. The Labute approximate surface area is 55.1 Å². The lowest BCUT2D eigenvalue weighted by Gasteiger charge is -1.87. The Hall–Kier alpha value is -1.11. The average molecular weight is 119 g/mol. The number of hydrogen-bond donors (Lipinski definition) is 0. The van der Waals surface area contributed by atoms with Crippen LogP contribution in [0.2, 0.25) is 0 Å². The molecule has 1 heteroatoms. The van der Waals surface area contributed by atoms with Crippen molar-refractivity contribution in [3.8, 4) is 0 Å². The van der Waals surface area contributed by atoms with Crippen molar-refractivity contribution in [2.75, 3.05) is 0 Å². The molecule has 1 aliphatic rings. The van der Waals surface area contributed by atoms with Gasteiger partial charge in [-0.3, -0.25) is 4.99 Å². The molecule has 0 radical (unpaired) electrons. The van der Waals surface area contributed by atoms with Crippen molar-refractivity contribution in [3.05, 3.63) is 36.1 Å². The summed E-state index contributed by atoms with van der Waals surface area (Å²) in [7, 11) is 0. The Morgan fingerprint density at radius 2 is 2.22 bits per heavy atom. The van der Waals surface area contributed by atoms with Crippen LogP contribution in [0.15, 0.2) is 41.1 Å². The fraction of sp³-hybridized carbons (Fsp3) is 0.125. The number of rotatable bonds is 0. The van der Waals surface area contributed by atoms with Crippen LogP contribution in [0.3, 0.4) is 0 Å². The maximum atomic E-state index is 3.95. The molecule has 0 N–H and O–H groups in total. The van der Waals surface area contributed by atoms with E-state index in [2.05, 4.69) is 4.99 Å². The fourth-order valence-electron chi connectivity index (χ4n) is 0.573. The van der Waals surface area contributed by atoms with E-state index >= 15 is 0 Å². The van der Waals surface area contributed by atoms with Gasteiger partial charge in [-0.1, -0.05) is 12.2 Å². The van der Waals surface area contributed by atoms with Gasteiger partial charge in [-0.25, -0.2) is 0 Å². The summed E-state index contributed by atoms with van der Waals surface area (Å²) in [4.78, 5) is 3.95. The molecular weight excluding hydrogens is 110 g/mol. The molecule has 0 aliphatic carbocycles. The summed E-state index contributed by atoms with van der Waals surface area (Å²) in [6, 6.07) is 0. The number of allylic oxidation sites excluding steroid dienone is 5. The van der Waals surface area contributed by atoms with Crippen LogP contribution in [0.25, 0.3) is 0 Å². The summed E-state index contributed by atoms with van der Waals surface area (Å²) in [5, 5.41) is 0. The van der Waals surface area contributed by atoms with Crippen LogP contribution in [-0.4, -0.2) is 6.21 Å². The molecule has 1 aliphatic heterocycles. The number of aliphatic imine (C=N–C) groups is 1. The Kier molecular flexibility index (Phi) is 2.02. The van der Waals surface area contributed by atoms with E-state index in [-0.39, 0.29) is 0 Å². The molecule has 1 heterocycles. The maximum Gasteiger partial charge on any atom is 0.0270 e. The van der Waals surface area contributed by atoms with E-state index < -0.39 is 0 Å². The third kappa shape index (κ3) is 2.08. The van der Waals surface area contributed by atoms with Crippen LogP contribution in [0.4, 0.5) is 0 Å². The normalized spacial score (nSPS) is 33.2. The number of hydrogen-bond acceptors (Lipinski definition) is 1. The van der Waals surface area contributed by atoms with Gasteiger partial charge in [0.15, 0.2) is 0 Å². The van der Waals surface area contributed by atoms with Crippen molar-refractivity contribution in [2.45, 2.75) is 6.92 Å². The second-order valence-corrected chi connectivity index (χ2v) is 1.91. The summed E-state index contributed by atoms with van der Waals surface area (Å²) in [6.45, 7) is 2.04. The van der Waals surface area contributed by atoms with Gasteiger partial charge < -0.3 is 0 Å². The lowest BCUT2D eigenvalue weighted by Crippen LogP contribution is -1.71. The monoisotopic (exact) mass is 119 g/mol. The van der Waals surface area contributed by atoms with Crippen LogP contribution in [0.1, 0.15) is 6.92 Å². The van der Waals surface area contributed by atoms with E-state index in [0.717, 1.165) is 0 Å². The SMILES string of the molecule is CC1=C/C=N\C=C/C=C\1. The molecule has 1 rings (SSSR count). The Balaban J connectivity index is 2.77. The highest BCUT2D eigenvalue weighted by Crippen LogP contribution is 1.95. The molecule has 0 spiro atoms. The fourth-order valence-corrected chi connectivity index (χ4v) is 0.573. The second kappa shape index (κ2) is 3.02. The first kappa shape index (κ1) is 6.02. The van der Waals surface area contributed by atoms with E-state index in [4.69, 9.17) is 0 Å². The molecular formula is C8H9N. The molecule has 0 amide bonds. The molecule has 1 nitrogen and oxygen atoms in total. The van der Waals surface area contributed by atoms with Gasteiger partial charge in [-0.2, -0.15) is 0 Å². The quantitative estimate of drug-likeness (QED) is 0.463. The highest BCUT2D eigenvalue weighted by Gasteiger charge is 1.77. The van der Waals surface area contributed by atoms with Crippen LogP contribution in [-0.2, 0) is 0 Å². The summed E-state index contributed by atoms with van der Waals surface area (Å²) in [5.41, 5.74) is 1.23. The Bertz CT molecular complexity index is 195. The van der Waals surface area contributed by atoms with Crippen LogP contribution in [0.5, 0.6) is 0 Å². The molecule has 0 saturated heterocycles. The van der Waals surface area contributed by atoms with Crippen molar-refractivity contribution in [1.82, 2.24) is 0 Å². The van der Waals surface area contributed by atoms with Gasteiger partial charge in [0, 0.05) is 12.4 Å². The molecule has 0 saturated carbocycles. The minimum absolute atomic E-state index is 1.23. The van der Waals surface area contributed by atoms with Crippen molar-refractivity contribution < 1.29 is 0 Å². The van der Waals surface area contributed by atoms with Crippen molar-refractivity contribution in [1.29, 1.82) is 0 Å². The summed E-state index contributed by atoms with van der Waals surface area (Å²) in [6.07, 6.45) is 11.5. The predicted octanol–water partition coefficient (Wildman–Crippen LogP) is 2.09. The van der Waals surface area contributed by atoms with Crippen LogP contribution < -0.4 is 0 Å². The first-order chi connectivity index (χ1) is 4.39. The molecule has 0 unspecified atom stereocenters. The van der Waals surface area contributed by atoms with Gasteiger partial charge in [0.1, 0.15) is 0 Å². The molecule has 0 aromatic heterocycles. The van der Waals surface area contributed by atoms with E-state index in [1.54, 1.807) is 12.4 Å². The van der Waals surface area contributed by atoms with E-state index in [0.29, 0.717) is 0 Å². The smallest absolute Gasteiger partial charge is 0.0270 e.